The van der Waals surface area contributed by atoms with Crippen molar-refractivity contribution in [2.75, 3.05) is 4.90 Å². The fourth-order valence-electron chi connectivity index (χ4n) is 10.5. The molecule has 0 saturated heterocycles. The molecule has 298 valence electrons. The van der Waals surface area contributed by atoms with E-state index in [1.54, 1.807) is 0 Å². The van der Waals surface area contributed by atoms with E-state index in [-0.39, 0.29) is 5.41 Å². The lowest BCUT2D eigenvalue weighted by Gasteiger charge is -2.31. The Morgan fingerprint density at radius 3 is 1.67 bits per heavy atom. The van der Waals surface area contributed by atoms with Gasteiger partial charge in [0.25, 0.3) is 0 Å². The molecule has 1 nitrogen and oxygen atoms in total. The van der Waals surface area contributed by atoms with Crippen LogP contribution in [-0.4, -0.2) is 0 Å². The van der Waals surface area contributed by atoms with Crippen LogP contribution in [0.25, 0.3) is 86.6 Å². The summed E-state index contributed by atoms with van der Waals surface area (Å²) in [7, 11) is 0. The Bertz CT molecular complexity index is 3550. The lowest BCUT2D eigenvalue weighted by Crippen LogP contribution is -2.16. The third kappa shape index (κ3) is 5.97. The first-order valence-electron chi connectivity index (χ1n) is 21.8. The lowest BCUT2D eigenvalue weighted by atomic mass is 9.79. The fraction of sp³-hybridized carbons (Fsp3) is 0.0492. The Morgan fingerprint density at radius 2 is 0.889 bits per heavy atom. The maximum absolute atomic E-state index is 2.52. The predicted octanol–water partition coefficient (Wildman–Crippen LogP) is 17.7. The number of benzene rings is 10. The van der Waals surface area contributed by atoms with Gasteiger partial charge in [0.05, 0.1) is 11.4 Å². The normalized spacial score (nSPS) is 12.7. The zero-order chi connectivity index (χ0) is 42.1. The first kappa shape index (κ1) is 37.3. The maximum atomic E-state index is 2.52. The van der Waals surface area contributed by atoms with Gasteiger partial charge in [0.1, 0.15) is 0 Å². The van der Waals surface area contributed by atoms with Crippen LogP contribution in [0.1, 0.15) is 25.0 Å². The summed E-state index contributed by atoms with van der Waals surface area (Å²) in [6, 6.07) is 83.0. The standard InChI is InChI=1S/C61H43NS/c1-61(2)53-34-10-6-25-46(53)51-33-17-30-45(60(51)61)42-23-14-24-43(39-42)62(55-36-12-8-27-48(55)50-32-18-38-57-59(50)52-28-9-13-37-56(52)63-57)54-35-11-7-26-47(54)49-31-16-22-41-21-15-29-44(58(41)49)40-19-4-3-5-20-40/h3-39H,1-2H3. The molecule has 0 spiro atoms. The van der Waals surface area contributed by atoms with Gasteiger partial charge in [0.2, 0.25) is 0 Å². The third-order valence-corrected chi connectivity index (χ3v) is 14.4. The first-order valence-corrected chi connectivity index (χ1v) is 22.7. The van der Waals surface area contributed by atoms with Crippen LogP contribution in [0.15, 0.2) is 224 Å². The summed E-state index contributed by atoms with van der Waals surface area (Å²) >= 11 is 1.87. The average molecular weight is 822 g/mol. The Balaban J connectivity index is 1.13. The van der Waals surface area contributed by atoms with Crippen LogP contribution in [0.5, 0.6) is 0 Å². The molecule has 1 aromatic heterocycles. The molecule has 63 heavy (non-hydrogen) atoms. The molecule has 0 N–H and O–H groups in total. The van der Waals surface area contributed by atoms with Crippen LogP contribution in [-0.2, 0) is 5.41 Å². The molecule has 0 atom stereocenters. The van der Waals surface area contributed by atoms with Crippen LogP contribution in [0.4, 0.5) is 17.1 Å². The third-order valence-electron chi connectivity index (χ3n) is 13.3. The molecule has 0 amide bonds. The minimum absolute atomic E-state index is 0.149. The summed E-state index contributed by atoms with van der Waals surface area (Å²) in [5.41, 5.74) is 18.3. The van der Waals surface area contributed by atoms with Crippen LogP contribution in [0, 0.1) is 0 Å². The van der Waals surface area contributed by atoms with Crippen molar-refractivity contribution in [3.8, 4) is 55.6 Å². The van der Waals surface area contributed by atoms with Crippen LogP contribution in [0.3, 0.4) is 0 Å². The van der Waals surface area contributed by atoms with E-state index in [1.165, 1.54) is 97.7 Å². The maximum Gasteiger partial charge on any atom is 0.0540 e. The number of para-hydroxylation sites is 2. The molecule has 1 heterocycles. The minimum Gasteiger partial charge on any atom is -0.309 e. The van der Waals surface area contributed by atoms with Gasteiger partial charge in [-0.25, -0.2) is 0 Å². The van der Waals surface area contributed by atoms with Gasteiger partial charge in [-0.3, -0.25) is 0 Å². The van der Waals surface area contributed by atoms with Gasteiger partial charge in [0.15, 0.2) is 0 Å². The molecule has 12 rings (SSSR count). The molecule has 0 radical (unpaired) electrons. The van der Waals surface area contributed by atoms with E-state index in [0.717, 1.165) is 17.1 Å². The summed E-state index contributed by atoms with van der Waals surface area (Å²) in [4.78, 5) is 2.52. The Labute approximate surface area is 372 Å². The number of hydrogen-bond donors (Lipinski definition) is 0. The van der Waals surface area contributed by atoms with E-state index in [1.807, 2.05) is 11.3 Å². The number of thiophene rings is 1. The molecular formula is C61H43NS. The zero-order valence-electron chi connectivity index (χ0n) is 35.2. The Morgan fingerprint density at radius 1 is 0.365 bits per heavy atom. The van der Waals surface area contributed by atoms with E-state index in [0.29, 0.717) is 0 Å². The predicted molar refractivity (Wildman–Crippen MR) is 271 cm³/mol. The monoisotopic (exact) mass is 821 g/mol. The zero-order valence-corrected chi connectivity index (χ0v) is 36.0. The SMILES string of the molecule is CC1(C)c2ccccc2-c2cccc(-c3cccc(N(c4ccccc4-c4cccc5cccc(-c6ccccc6)c45)c4ccccc4-c4cccc5sc6ccccc6c45)c3)c21. The number of fused-ring (bicyclic) bond motifs is 7. The van der Waals surface area contributed by atoms with E-state index >= 15 is 0 Å². The summed E-state index contributed by atoms with van der Waals surface area (Å²) in [6.45, 7) is 4.76. The van der Waals surface area contributed by atoms with Crippen LogP contribution < -0.4 is 4.90 Å². The quantitative estimate of drug-likeness (QED) is 0.155. The molecular weight excluding hydrogens is 779 g/mol. The van der Waals surface area contributed by atoms with Crippen molar-refractivity contribution < 1.29 is 0 Å². The van der Waals surface area contributed by atoms with Crippen molar-refractivity contribution in [1.29, 1.82) is 0 Å². The van der Waals surface area contributed by atoms with Gasteiger partial charge in [-0.15, -0.1) is 11.3 Å². The summed E-state index contributed by atoms with van der Waals surface area (Å²) in [6.07, 6.45) is 0. The van der Waals surface area contributed by atoms with Crippen molar-refractivity contribution >= 4 is 59.3 Å². The van der Waals surface area contributed by atoms with Gasteiger partial charge in [-0.1, -0.05) is 202 Å². The highest BCUT2D eigenvalue weighted by atomic mass is 32.1. The largest absolute Gasteiger partial charge is 0.309 e. The molecule has 11 aromatic rings. The highest BCUT2D eigenvalue weighted by molar-refractivity contribution is 7.25. The summed E-state index contributed by atoms with van der Waals surface area (Å²) < 4.78 is 2.60. The number of hydrogen-bond acceptors (Lipinski definition) is 2. The smallest absolute Gasteiger partial charge is 0.0540 e. The van der Waals surface area contributed by atoms with E-state index in [2.05, 4.69) is 243 Å². The van der Waals surface area contributed by atoms with Crippen molar-refractivity contribution in [2.45, 2.75) is 19.3 Å². The van der Waals surface area contributed by atoms with Crippen molar-refractivity contribution in [1.82, 2.24) is 0 Å². The molecule has 1 aliphatic carbocycles. The molecule has 0 fully saturated rings. The summed E-state index contributed by atoms with van der Waals surface area (Å²) in [5, 5.41) is 5.06. The van der Waals surface area contributed by atoms with Gasteiger partial charge in [-0.05, 0) is 103 Å². The number of anilines is 3. The van der Waals surface area contributed by atoms with E-state index in [4.69, 9.17) is 0 Å². The highest BCUT2D eigenvalue weighted by Gasteiger charge is 2.37. The molecule has 1 aliphatic rings. The topological polar surface area (TPSA) is 3.24 Å². The second-order valence-corrected chi connectivity index (χ2v) is 18.3. The van der Waals surface area contributed by atoms with Crippen molar-refractivity contribution in [2.24, 2.45) is 0 Å². The van der Waals surface area contributed by atoms with Crippen LogP contribution >= 0.6 is 11.3 Å². The number of nitrogens with zero attached hydrogens (tertiary/aromatic N) is 1. The highest BCUT2D eigenvalue weighted by Crippen LogP contribution is 2.54. The van der Waals surface area contributed by atoms with Crippen molar-refractivity contribution in [3.63, 3.8) is 0 Å². The van der Waals surface area contributed by atoms with Crippen LogP contribution in [0.2, 0.25) is 0 Å². The molecule has 2 heteroatoms. The molecule has 0 unspecified atom stereocenters. The molecule has 10 aromatic carbocycles. The molecule has 0 bridgehead atoms. The van der Waals surface area contributed by atoms with Gasteiger partial charge in [0, 0.05) is 42.4 Å². The van der Waals surface area contributed by atoms with E-state index < -0.39 is 0 Å². The molecule has 0 aliphatic heterocycles. The first-order chi connectivity index (χ1) is 31.0. The average Bonchev–Trinajstić information content (AvgIpc) is 3.84. The second-order valence-electron chi connectivity index (χ2n) is 17.2. The fourth-order valence-corrected chi connectivity index (χ4v) is 11.7. The van der Waals surface area contributed by atoms with E-state index in [9.17, 15) is 0 Å². The lowest BCUT2D eigenvalue weighted by molar-refractivity contribution is 0.662. The molecule has 0 saturated carbocycles. The Hall–Kier alpha value is -7.52. The minimum atomic E-state index is -0.149. The van der Waals surface area contributed by atoms with Gasteiger partial charge < -0.3 is 4.90 Å². The Kier molecular flexibility index (Phi) is 8.77. The number of rotatable bonds is 7. The van der Waals surface area contributed by atoms with Crippen molar-refractivity contribution in [3.05, 3.63) is 236 Å². The summed E-state index contributed by atoms with van der Waals surface area (Å²) in [5.74, 6) is 0. The second kappa shape index (κ2) is 14.8. The van der Waals surface area contributed by atoms with Gasteiger partial charge in [-0.2, -0.15) is 0 Å². The van der Waals surface area contributed by atoms with Gasteiger partial charge >= 0.3 is 0 Å².